The molecule has 0 aliphatic carbocycles. The Kier molecular flexibility index (Phi) is 4.83. The van der Waals surface area contributed by atoms with Crippen LogP contribution in [0, 0.1) is 0 Å². The van der Waals surface area contributed by atoms with Crippen LogP contribution in [0.15, 0.2) is 29.1 Å². The summed E-state index contributed by atoms with van der Waals surface area (Å²) in [7, 11) is 1.79. The smallest absolute Gasteiger partial charge is 0.258 e. The molecule has 0 amide bonds. The van der Waals surface area contributed by atoms with Gasteiger partial charge in [0.1, 0.15) is 5.82 Å². The van der Waals surface area contributed by atoms with Crippen LogP contribution in [0.5, 0.6) is 0 Å². The number of unbranched alkanes of at least 4 members (excludes halogenated alkanes) is 1. The Hall–Kier alpha value is -1.65. The molecule has 0 spiro atoms. The van der Waals surface area contributed by atoms with Crippen LogP contribution in [-0.2, 0) is 13.6 Å². The van der Waals surface area contributed by atoms with Gasteiger partial charge in [-0.05, 0) is 30.7 Å². The van der Waals surface area contributed by atoms with Crippen molar-refractivity contribution < 1.29 is 0 Å². The highest BCUT2D eigenvalue weighted by atomic mass is 35.5. The first-order valence-electron chi connectivity index (χ1n) is 8.18. The Balaban J connectivity index is 2.10. The number of aromatic nitrogens is 2. The van der Waals surface area contributed by atoms with Gasteiger partial charge in [0.25, 0.3) is 5.56 Å². The molecule has 1 N–H and O–H groups in total. The van der Waals surface area contributed by atoms with Crippen molar-refractivity contribution in [3.05, 3.63) is 50.9 Å². The molecule has 1 aliphatic rings. The molecule has 122 valence electrons. The highest BCUT2D eigenvalue weighted by molar-refractivity contribution is 6.30. The molecule has 1 aliphatic heterocycles. The van der Waals surface area contributed by atoms with Crippen molar-refractivity contribution in [1.29, 1.82) is 0 Å². The predicted molar refractivity (Wildman–Crippen MR) is 93.9 cm³/mol. The van der Waals surface area contributed by atoms with E-state index < -0.39 is 0 Å². The largest absolute Gasteiger partial charge is 0.312 e. The van der Waals surface area contributed by atoms with Crippen LogP contribution in [0.1, 0.15) is 43.4 Å². The molecule has 0 radical (unpaired) electrons. The monoisotopic (exact) mass is 331 g/mol. The first-order valence-corrected chi connectivity index (χ1v) is 8.56. The van der Waals surface area contributed by atoms with Gasteiger partial charge in [-0.3, -0.25) is 9.36 Å². The van der Waals surface area contributed by atoms with Crippen LogP contribution < -0.4 is 10.9 Å². The van der Waals surface area contributed by atoms with Gasteiger partial charge >= 0.3 is 0 Å². The maximum atomic E-state index is 12.8. The molecular weight excluding hydrogens is 310 g/mol. The summed E-state index contributed by atoms with van der Waals surface area (Å²) >= 11 is 5.97. The van der Waals surface area contributed by atoms with E-state index in [1.54, 1.807) is 11.6 Å². The van der Waals surface area contributed by atoms with Crippen LogP contribution in [0.25, 0.3) is 11.4 Å². The highest BCUT2D eigenvalue weighted by Gasteiger charge is 2.25. The zero-order valence-corrected chi connectivity index (χ0v) is 14.4. The van der Waals surface area contributed by atoms with Crippen molar-refractivity contribution in [2.24, 2.45) is 7.05 Å². The molecule has 1 unspecified atom stereocenters. The molecule has 1 atom stereocenters. The molecule has 1 aromatic carbocycles. The van der Waals surface area contributed by atoms with Gasteiger partial charge in [0.2, 0.25) is 0 Å². The lowest BCUT2D eigenvalue weighted by Crippen LogP contribution is -2.37. The van der Waals surface area contributed by atoms with Gasteiger partial charge in [0, 0.05) is 36.6 Å². The van der Waals surface area contributed by atoms with E-state index in [0.717, 1.165) is 42.6 Å². The van der Waals surface area contributed by atoms with Crippen molar-refractivity contribution in [3.8, 4) is 11.4 Å². The summed E-state index contributed by atoms with van der Waals surface area (Å²) in [4.78, 5) is 17.6. The van der Waals surface area contributed by atoms with Crippen molar-refractivity contribution in [2.75, 3.05) is 6.54 Å². The minimum atomic E-state index is 0.0497. The maximum absolute atomic E-state index is 12.8. The zero-order chi connectivity index (χ0) is 16.4. The van der Waals surface area contributed by atoms with E-state index in [1.165, 1.54) is 0 Å². The van der Waals surface area contributed by atoms with Crippen LogP contribution in [0.4, 0.5) is 0 Å². The van der Waals surface area contributed by atoms with Crippen molar-refractivity contribution >= 4 is 11.6 Å². The summed E-state index contributed by atoms with van der Waals surface area (Å²) in [6, 6.07) is 7.49. The van der Waals surface area contributed by atoms with Crippen LogP contribution in [-0.4, -0.2) is 16.1 Å². The van der Waals surface area contributed by atoms with Gasteiger partial charge in [-0.1, -0.05) is 31.4 Å². The molecule has 0 saturated carbocycles. The highest BCUT2D eigenvalue weighted by Crippen LogP contribution is 2.27. The lowest BCUT2D eigenvalue weighted by atomic mass is 9.92. The number of hydrogen-bond acceptors (Lipinski definition) is 3. The number of halogens is 1. The van der Waals surface area contributed by atoms with Gasteiger partial charge in [-0.2, -0.15) is 0 Å². The van der Waals surface area contributed by atoms with E-state index in [1.807, 2.05) is 24.3 Å². The van der Waals surface area contributed by atoms with E-state index in [2.05, 4.69) is 12.2 Å². The normalized spacial score (nSPS) is 17.1. The van der Waals surface area contributed by atoms with Crippen molar-refractivity contribution in [1.82, 2.24) is 14.9 Å². The maximum Gasteiger partial charge on any atom is 0.258 e. The Morgan fingerprint density at radius 1 is 1.35 bits per heavy atom. The van der Waals surface area contributed by atoms with Gasteiger partial charge in [0.05, 0.1) is 11.3 Å². The zero-order valence-electron chi connectivity index (χ0n) is 13.6. The van der Waals surface area contributed by atoms with E-state index >= 15 is 0 Å². The second-order valence-corrected chi connectivity index (χ2v) is 6.58. The molecule has 0 bridgehead atoms. The minimum Gasteiger partial charge on any atom is -0.312 e. The van der Waals surface area contributed by atoms with Gasteiger partial charge in [-0.25, -0.2) is 4.98 Å². The van der Waals surface area contributed by atoms with Gasteiger partial charge < -0.3 is 5.32 Å². The molecule has 0 saturated heterocycles. The third-order valence-electron chi connectivity index (χ3n) is 4.50. The average molecular weight is 332 g/mol. The fraction of sp³-hybridized carbons (Fsp3) is 0.444. The van der Waals surface area contributed by atoms with E-state index in [4.69, 9.17) is 16.6 Å². The van der Waals surface area contributed by atoms with Crippen LogP contribution in [0.3, 0.4) is 0 Å². The summed E-state index contributed by atoms with van der Waals surface area (Å²) in [5, 5.41) is 4.05. The van der Waals surface area contributed by atoms with E-state index in [-0.39, 0.29) is 5.56 Å². The van der Waals surface area contributed by atoms with E-state index in [9.17, 15) is 4.79 Å². The number of nitrogens with one attached hydrogen (secondary N) is 1. The molecule has 5 heteroatoms. The van der Waals surface area contributed by atoms with Gasteiger partial charge in [-0.15, -0.1) is 0 Å². The third-order valence-corrected chi connectivity index (χ3v) is 4.76. The summed E-state index contributed by atoms with van der Waals surface area (Å²) in [5.41, 5.74) is 2.76. The molecule has 2 heterocycles. The SMILES string of the molecule is CCCCC1CNCc2c1nc(-c1ccc(Cl)cc1)n(C)c2=O. The predicted octanol–water partition coefficient (Wildman–Crippen LogP) is 3.48. The summed E-state index contributed by atoms with van der Waals surface area (Å²) in [6.07, 6.45) is 3.37. The summed E-state index contributed by atoms with van der Waals surface area (Å²) < 4.78 is 1.64. The quantitative estimate of drug-likeness (QED) is 0.933. The van der Waals surface area contributed by atoms with E-state index in [0.29, 0.717) is 23.3 Å². The summed E-state index contributed by atoms with van der Waals surface area (Å²) in [6.45, 7) is 3.69. The molecule has 4 nitrogen and oxygen atoms in total. The number of nitrogens with zero attached hydrogens (tertiary/aromatic N) is 2. The third kappa shape index (κ3) is 3.19. The topological polar surface area (TPSA) is 46.9 Å². The minimum absolute atomic E-state index is 0.0497. The molecule has 0 fully saturated rings. The second-order valence-electron chi connectivity index (χ2n) is 6.14. The number of fused-ring (bicyclic) bond motifs is 1. The molecule has 3 rings (SSSR count). The first-order chi connectivity index (χ1) is 11.1. The summed E-state index contributed by atoms with van der Waals surface area (Å²) in [5.74, 6) is 1.03. The van der Waals surface area contributed by atoms with Crippen LogP contribution in [0.2, 0.25) is 5.02 Å². The standard InChI is InChI=1S/C18H22ClN3O/c1-3-4-5-13-10-20-11-15-16(13)21-17(22(2)18(15)23)12-6-8-14(19)9-7-12/h6-9,13,20H,3-5,10-11H2,1-2H3. The molecule has 1 aromatic heterocycles. The molecule has 2 aromatic rings. The second kappa shape index (κ2) is 6.85. The fourth-order valence-corrected chi connectivity index (χ4v) is 3.31. The Morgan fingerprint density at radius 3 is 2.78 bits per heavy atom. The van der Waals surface area contributed by atoms with Crippen LogP contribution >= 0.6 is 11.6 Å². The average Bonchev–Trinajstić information content (AvgIpc) is 2.57. The Labute approximate surface area is 141 Å². The lowest BCUT2D eigenvalue weighted by molar-refractivity contribution is 0.478. The molecular formula is C18H22ClN3O. The number of hydrogen-bond donors (Lipinski definition) is 1. The first kappa shape index (κ1) is 16.2. The lowest BCUT2D eigenvalue weighted by Gasteiger charge is -2.26. The fourth-order valence-electron chi connectivity index (χ4n) is 3.18. The molecule has 23 heavy (non-hydrogen) atoms. The number of rotatable bonds is 4. The number of benzene rings is 1. The van der Waals surface area contributed by atoms with Gasteiger partial charge in [0.15, 0.2) is 0 Å². The Morgan fingerprint density at radius 2 is 2.09 bits per heavy atom. The Bertz CT molecular complexity index is 752. The van der Waals surface area contributed by atoms with Crippen molar-refractivity contribution in [3.63, 3.8) is 0 Å². The van der Waals surface area contributed by atoms with Crippen molar-refractivity contribution in [2.45, 2.75) is 38.6 Å².